The van der Waals surface area contributed by atoms with Crippen molar-refractivity contribution >= 4 is 0 Å². The van der Waals surface area contributed by atoms with E-state index in [0.29, 0.717) is 0 Å². The van der Waals surface area contributed by atoms with Gasteiger partial charge in [0.15, 0.2) is 0 Å². The van der Waals surface area contributed by atoms with Crippen molar-refractivity contribution in [2.75, 3.05) is 6.54 Å². The molecule has 0 radical (unpaired) electrons. The molecule has 0 aromatic carbocycles. The number of aliphatic hydroxyl groups is 2. The van der Waals surface area contributed by atoms with Crippen LogP contribution in [-0.4, -0.2) is 34.1 Å². The Kier molecular flexibility index (Phi) is 20.8. The minimum absolute atomic E-state index is 0. The molecule has 0 bridgehead atoms. The summed E-state index contributed by atoms with van der Waals surface area (Å²) in [6.45, 7) is 6.48. The van der Waals surface area contributed by atoms with Crippen molar-refractivity contribution in [3.05, 3.63) is 0 Å². The van der Waals surface area contributed by atoms with Gasteiger partial charge in [-0.3, -0.25) is 4.90 Å². The molecule has 3 nitrogen and oxygen atoms in total. The fourth-order valence-corrected chi connectivity index (χ4v) is 2.82. The van der Waals surface area contributed by atoms with Crippen molar-refractivity contribution in [1.82, 2.24) is 4.90 Å². The summed E-state index contributed by atoms with van der Waals surface area (Å²) < 4.78 is 0. The van der Waals surface area contributed by atoms with E-state index in [0.717, 1.165) is 13.0 Å². The van der Waals surface area contributed by atoms with E-state index in [-0.39, 0.29) is 31.0 Å². The second kappa shape index (κ2) is 18.2. The molecule has 4 heteroatoms. The van der Waals surface area contributed by atoms with Crippen LogP contribution in [0, 0.1) is 0 Å². The first-order chi connectivity index (χ1) is 10.1. The number of hydrogen-bond acceptors (Lipinski definition) is 3. The van der Waals surface area contributed by atoms with E-state index >= 15 is 0 Å². The molecule has 0 saturated heterocycles. The van der Waals surface area contributed by atoms with Crippen molar-refractivity contribution in [2.24, 2.45) is 0 Å². The third-order valence-electron chi connectivity index (χ3n) is 4.23. The summed E-state index contributed by atoms with van der Waals surface area (Å²) in [6, 6.07) is 0. The van der Waals surface area contributed by atoms with Crippen LogP contribution in [0.3, 0.4) is 0 Å². The monoisotopic (exact) mass is 325 g/mol. The number of nitrogens with zero attached hydrogens (tertiary/aromatic N) is 1. The van der Waals surface area contributed by atoms with E-state index < -0.39 is 12.5 Å². The Bertz CT molecular complexity index is 211. The van der Waals surface area contributed by atoms with Crippen molar-refractivity contribution in [3.63, 3.8) is 0 Å². The maximum absolute atomic E-state index is 9.53. The second-order valence-corrected chi connectivity index (χ2v) is 6.39. The maximum atomic E-state index is 9.53. The molecule has 0 spiro atoms. The van der Waals surface area contributed by atoms with E-state index in [2.05, 4.69) is 6.92 Å². The summed E-state index contributed by atoms with van der Waals surface area (Å²) in [7, 11) is 0. The first-order valence-electron chi connectivity index (χ1n) is 9.21. The van der Waals surface area contributed by atoms with Gasteiger partial charge in [0.2, 0.25) is 0 Å². The van der Waals surface area contributed by atoms with Gasteiger partial charge in [-0.15, -0.1) is 0 Å². The maximum Gasteiger partial charge on any atom is 1.00 e. The van der Waals surface area contributed by atoms with Crippen molar-refractivity contribution in [2.45, 2.75) is 110 Å². The molecule has 2 N–H and O–H groups in total. The first-order valence-corrected chi connectivity index (χ1v) is 9.21. The van der Waals surface area contributed by atoms with Crippen LogP contribution >= 0.6 is 0 Å². The Hall–Kier alpha value is 0.880. The molecule has 0 rings (SSSR count). The SMILES string of the molecule is CCCCCCCCCCCCCCN(C(C)O)C(C)O.[H-].[Na+]. The van der Waals surface area contributed by atoms with Gasteiger partial charge in [0.1, 0.15) is 12.5 Å². The first kappa shape index (κ1) is 25.1. The topological polar surface area (TPSA) is 43.7 Å². The predicted octanol–water partition coefficient (Wildman–Crippen LogP) is 1.78. The minimum atomic E-state index is -0.558. The molecular formula is C18H40NNaO2. The van der Waals surface area contributed by atoms with Gasteiger partial charge in [0, 0.05) is 6.54 Å². The van der Waals surface area contributed by atoms with Crippen LogP contribution in [0.1, 0.15) is 99.2 Å². The summed E-state index contributed by atoms with van der Waals surface area (Å²) in [6.07, 6.45) is 14.9. The van der Waals surface area contributed by atoms with Gasteiger partial charge in [-0.1, -0.05) is 77.6 Å². The van der Waals surface area contributed by atoms with E-state index in [9.17, 15) is 10.2 Å². The van der Waals surface area contributed by atoms with E-state index in [1.165, 1.54) is 70.6 Å². The number of rotatable bonds is 15. The largest absolute Gasteiger partial charge is 1.00 e. The average Bonchev–Trinajstić information content (AvgIpc) is 2.43. The molecule has 0 aliphatic rings. The van der Waals surface area contributed by atoms with Crippen LogP contribution in [-0.2, 0) is 0 Å². The predicted molar refractivity (Wildman–Crippen MR) is 92.3 cm³/mol. The van der Waals surface area contributed by atoms with Gasteiger partial charge in [-0.25, -0.2) is 0 Å². The standard InChI is InChI=1S/C18H39NO2.Na.H/c1-4-5-6-7-8-9-10-11-12-13-14-15-16-19(17(2)20)18(3)21;;/h17-18,20-21H,4-16H2,1-3H3;;/q;+1;-1. The van der Waals surface area contributed by atoms with E-state index in [1.807, 2.05) is 0 Å². The summed E-state index contributed by atoms with van der Waals surface area (Å²) in [4.78, 5) is 1.73. The third kappa shape index (κ3) is 15.8. The molecule has 130 valence electrons. The van der Waals surface area contributed by atoms with Crippen LogP contribution < -0.4 is 29.6 Å². The van der Waals surface area contributed by atoms with Gasteiger partial charge in [-0.05, 0) is 20.3 Å². The van der Waals surface area contributed by atoms with Crippen LogP contribution in [0.25, 0.3) is 0 Å². The average molecular weight is 326 g/mol. The molecule has 0 heterocycles. The molecule has 0 fully saturated rings. The Balaban J connectivity index is -0.00000200. The zero-order valence-corrected chi connectivity index (χ0v) is 17.7. The Labute approximate surface area is 162 Å². The van der Waals surface area contributed by atoms with Crippen LogP contribution in [0.15, 0.2) is 0 Å². The number of aliphatic hydroxyl groups excluding tert-OH is 2. The molecule has 0 amide bonds. The van der Waals surface area contributed by atoms with Crippen molar-refractivity contribution in [1.29, 1.82) is 0 Å². The molecule has 0 aromatic rings. The molecule has 0 aliphatic heterocycles. The molecule has 2 atom stereocenters. The Morgan fingerprint density at radius 2 is 1.00 bits per heavy atom. The molecule has 22 heavy (non-hydrogen) atoms. The molecule has 0 aliphatic carbocycles. The van der Waals surface area contributed by atoms with Crippen molar-refractivity contribution in [3.8, 4) is 0 Å². The fourth-order valence-electron chi connectivity index (χ4n) is 2.82. The minimum Gasteiger partial charge on any atom is -1.00 e. The molecule has 0 aromatic heterocycles. The Morgan fingerprint density at radius 1 is 0.682 bits per heavy atom. The smallest absolute Gasteiger partial charge is 1.00 e. The number of hydrogen-bond donors (Lipinski definition) is 2. The Morgan fingerprint density at radius 3 is 1.32 bits per heavy atom. The summed E-state index contributed by atoms with van der Waals surface area (Å²) in [5.74, 6) is 0. The summed E-state index contributed by atoms with van der Waals surface area (Å²) in [5, 5.41) is 19.1. The van der Waals surface area contributed by atoms with Crippen LogP contribution in [0.4, 0.5) is 0 Å². The van der Waals surface area contributed by atoms with Crippen LogP contribution in [0.2, 0.25) is 0 Å². The third-order valence-corrected chi connectivity index (χ3v) is 4.23. The normalized spacial score (nSPS) is 13.9. The summed E-state index contributed by atoms with van der Waals surface area (Å²) in [5.41, 5.74) is 0. The quantitative estimate of drug-likeness (QED) is 0.274. The van der Waals surface area contributed by atoms with E-state index in [4.69, 9.17) is 0 Å². The van der Waals surface area contributed by atoms with Gasteiger partial charge in [0.05, 0.1) is 0 Å². The second-order valence-electron chi connectivity index (χ2n) is 6.39. The fraction of sp³-hybridized carbons (Fsp3) is 1.00. The van der Waals surface area contributed by atoms with Crippen molar-refractivity contribution < 1.29 is 41.2 Å². The summed E-state index contributed by atoms with van der Waals surface area (Å²) >= 11 is 0. The van der Waals surface area contributed by atoms with Gasteiger partial charge >= 0.3 is 29.6 Å². The van der Waals surface area contributed by atoms with Gasteiger partial charge < -0.3 is 11.6 Å². The van der Waals surface area contributed by atoms with Crippen LogP contribution in [0.5, 0.6) is 0 Å². The zero-order chi connectivity index (χ0) is 15.9. The zero-order valence-electron chi connectivity index (χ0n) is 16.7. The molecule has 0 saturated carbocycles. The van der Waals surface area contributed by atoms with E-state index in [1.54, 1.807) is 18.7 Å². The molecular weight excluding hydrogens is 285 g/mol. The number of unbranched alkanes of at least 4 members (excludes halogenated alkanes) is 11. The molecule has 2 unspecified atom stereocenters. The van der Waals surface area contributed by atoms with Gasteiger partial charge in [0.25, 0.3) is 0 Å². The van der Waals surface area contributed by atoms with Gasteiger partial charge in [-0.2, -0.15) is 0 Å².